The van der Waals surface area contributed by atoms with Crippen LogP contribution in [-0.2, 0) is 9.59 Å². The summed E-state index contributed by atoms with van der Waals surface area (Å²) in [5.41, 5.74) is 0.457. The van der Waals surface area contributed by atoms with Crippen LogP contribution in [0.5, 0.6) is 5.75 Å². The van der Waals surface area contributed by atoms with Gasteiger partial charge in [0, 0.05) is 24.5 Å². The van der Waals surface area contributed by atoms with E-state index in [9.17, 15) is 19.7 Å². The molecule has 148 valence electrons. The molecule has 1 aromatic carbocycles. The van der Waals surface area contributed by atoms with Gasteiger partial charge in [0.05, 0.1) is 16.6 Å². The maximum Gasteiger partial charge on any atom is 0.322 e. The molecule has 1 aromatic rings. The highest BCUT2D eigenvalue weighted by molar-refractivity contribution is 6.43. The monoisotopic (exact) mass is 418 g/mol. The minimum atomic E-state index is -1.12. The minimum Gasteiger partial charge on any atom is -0.492 e. The first-order valence-electron chi connectivity index (χ1n) is 8.20. The Labute approximate surface area is 166 Å². The third-order valence-corrected chi connectivity index (χ3v) is 4.26. The van der Waals surface area contributed by atoms with E-state index in [1.165, 1.54) is 6.08 Å². The van der Waals surface area contributed by atoms with Crippen LogP contribution in [0.15, 0.2) is 17.8 Å². The number of nitrogens with zero attached hydrogens (tertiary/aromatic N) is 1. The summed E-state index contributed by atoms with van der Waals surface area (Å²) in [5, 5.41) is 22.0. The number of hydrogen-bond donors (Lipinski definition) is 2. The zero-order chi connectivity index (χ0) is 20.4. The Kier molecular flexibility index (Phi) is 9.60. The topological polar surface area (TPSA) is 119 Å². The Balaban J connectivity index is 2.68. The van der Waals surface area contributed by atoms with Crippen molar-refractivity contribution in [3.8, 4) is 5.75 Å². The second kappa shape index (κ2) is 11.4. The zero-order valence-electron chi connectivity index (χ0n) is 14.7. The maximum absolute atomic E-state index is 11.4. The lowest BCUT2D eigenvalue weighted by atomic mass is 10.1. The number of hydrogen-bond acceptors (Lipinski definition) is 5. The molecule has 0 aliphatic carbocycles. The van der Waals surface area contributed by atoms with Crippen molar-refractivity contribution < 1.29 is 24.4 Å². The van der Waals surface area contributed by atoms with Crippen LogP contribution in [-0.4, -0.2) is 35.1 Å². The van der Waals surface area contributed by atoms with Gasteiger partial charge in [-0.2, -0.15) is 0 Å². The molecule has 0 heterocycles. The van der Waals surface area contributed by atoms with E-state index in [1.807, 2.05) is 6.92 Å². The van der Waals surface area contributed by atoms with Gasteiger partial charge in [-0.15, -0.1) is 0 Å². The number of allylic oxidation sites excluding steroid dienone is 1. The number of amides is 1. The van der Waals surface area contributed by atoms with Crippen molar-refractivity contribution in [3.63, 3.8) is 0 Å². The second-order valence-corrected chi connectivity index (χ2v) is 6.30. The summed E-state index contributed by atoms with van der Waals surface area (Å²) in [4.78, 5) is 32.3. The number of halogens is 2. The van der Waals surface area contributed by atoms with Gasteiger partial charge in [-0.3, -0.25) is 19.7 Å². The number of nitro groups is 1. The Morgan fingerprint density at radius 2 is 2.00 bits per heavy atom. The summed E-state index contributed by atoms with van der Waals surface area (Å²) in [6.07, 6.45) is 2.77. The summed E-state index contributed by atoms with van der Waals surface area (Å²) in [6, 6.07) is 3.12. The molecule has 0 aliphatic rings. The fraction of sp³-hybridized carbons (Fsp3) is 0.412. The van der Waals surface area contributed by atoms with E-state index in [2.05, 4.69) is 5.32 Å². The van der Waals surface area contributed by atoms with Crippen molar-refractivity contribution >= 4 is 41.2 Å². The molecule has 10 heteroatoms. The third-order valence-electron chi connectivity index (χ3n) is 3.38. The highest BCUT2D eigenvalue weighted by Crippen LogP contribution is 2.36. The molecule has 0 atom stereocenters. The van der Waals surface area contributed by atoms with E-state index in [4.69, 9.17) is 33.0 Å². The molecular formula is C17H20Cl2N2O6. The largest absolute Gasteiger partial charge is 0.492 e. The molecule has 0 unspecified atom stereocenters. The molecule has 0 bridgehead atoms. The normalized spacial score (nSPS) is 11.1. The first-order valence-corrected chi connectivity index (χ1v) is 8.96. The van der Waals surface area contributed by atoms with Gasteiger partial charge >= 0.3 is 5.97 Å². The summed E-state index contributed by atoms with van der Waals surface area (Å²) >= 11 is 12.3. The fourth-order valence-electron chi connectivity index (χ4n) is 2.10. The quantitative estimate of drug-likeness (QED) is 0.320. The van der Waals surface area contributed by atoms with E-state index in [0.29, 0.717) is 30.6 Å². The van der Waals surface area contributed by atoms with E-state index < -0.39 is 23.3 Å². The Hall–Kier alpha value is -2.32. The minimum absolute atomic E-state index is 0.0384. The van der Waals surface area contributed by atoms with Crippen molar-refractivity contribution in [1.82, 2.24) is 5.32 Å². The van der Waals surface area contributed by atoms with Gasteiger partial charge in [-0.1, -0.05) is 30.1 Å². The predicted molar refractivity (Wildman–Crippen MR) is 102 cm³/mol. The smallest absolute Gasteiger partial charge is 0.322 e. The number of carbonyl (C=O) groups is 2. The molecule has 0 saturated carbocycles. The van der Waals surface area contributed by atoms with Gasteiger partial charge < -0.3 is 15.2 Å². The van der Waals surface area contributed by atoms with E-state index in [0.717, 1.165) is 0 Å². The van der Waals surface area contributed by atoms with Crippen molar-refractivity contribution in [1.29, 1.82) is 0 Å². The molecule has 0 saturated heterocycles. The van der Waals surface area contributed by atoms with Gasteiger partial charge in [0.2, 0.25) is 11.6 Å². The predicted octanol–water partition coefficient (Wildman–Crippen LogP) is 3.77. The standard InChI is InChI=1S/C17H20Cl2N2O6/c1-2-4-12(21(25)26)9-11-6-7-13(17(19)16(11)18)27-8-3-5-14(22)20-10-15(23)24/h6-7,9H,2-5,8,10H2,1H3,(H,20,22)(H,23,24)/b12-9-. The Morgan fingerprint density at radius 1 is 1.30 bits per heavy atom. The zero-order valence-corrected chi connectivity index (χ0v) is 16.2. The number of aliphatic carboxylic acids is 1. The summed E-state index contributed by atoms with van der Waals surface area (Å²) < 4.78 is 5.48. The SMILES string of the molecule is CCC/C(=C/c1ccc(OCCCC(=O)NCC(=O)O)c(Cl)c1Cl)[N+](=O)[O-]. The summed E-state index contributed by atoms with van der Waals surface area (Å²) in [6.45, 7) is 1.58. The number of rotatable bonds is 11. The van der Waals surface area contributed by atoms with Crippen LogP contribution in [0.2, 0.25) is 10.0 Å². The Morgan fingerprint density at radius 3 is 2.59 bits per heavy atom. The number of carboxylic acid groups (broad SMARTS) is 1. The van der Waals surface area contributed by atoms with Gasteiger partial charge in [0.1, 0.15) is 17.3 Å². The van der Waals surface area contributed by atoms with Crippen LogP contribution < -0.4 is 10.1 Å². The highest BCUT2D eigenvalue weighted by atomic mass is 35.5. The molecule has 1 rings (SSSR count). The van der Waals surface area contributed by atoms with Crippen molar-refractivity contribution in [2.75, 3.05) is 13.2 Å². The lowest BCUT2D eigenvalue weighted by Gasteiger charge is -2.10. The fourth-order valence-corrected chi connectivity index (χ4v) is 2.54. The van der Waals surface area contributed by atoms with Crippen molar-refractivity contribution in [2.24, 2.45) is 0 Å². The lowest BCUT2D eigenvalue weighted by molar-refractivity contribution is -0.426. The molecule has 0 aromatic heterocycles. The molecule has 1 amide bonds. The first kappa shape index (κ1) is 22.7. The molecule has 0 aliphatic heterocycles. The molecule has 2 N–H and O–H groups in total. The average Bonchev–Trinajstić information content (AvgIpc) is 2.61. The number of benzene rings is 1. The van der Waals surface area contributed by atoms with Gasteiger partial charge in [0.15, 0.2) is 0 Å². The van der Waals surface area contributed by atoms with Crippen LogP contribution in [0.1, 0.15) is 38.2 Å². The Bertz CT molecular complexity index is 736. The molecule has 0 radical (unpaired) electrons. The van der Waals surface area contributed by atoms with E-state index >= 15 is 0 Å². The summed E-state index contributed by atoms with van der Waals surface area (Å²) in [7, 11) is 0. The lowest BCUT2D eigenvalue weighted by Crippen LogP contribution is -2.29. The average molecular weight is 419 g/mol. The van der Waals surface area contributed by atoms with E-state index in [1.54, 1.807) is 12.1 Å². The van der Waals surface area contributed by atoms with E-state index in [-0.39, 0.29) is 28.8 Å². The van der Waals surface area contributed by atoms with Crippen LogP contribution in [0.3, 0.4) is 0 Å². The van der Waals surface area contributed by atoms with Crippen LogP contribution in [0, 0.1) is 10.1 Å². The molecule has 0 fully saturated rings. The number of carbonyl (C=O) groups excluding carboxylic acids is 1. The number of nitrogens with one attached hydrogen (secondary N) is 1. The highest BCUT2D eigenvalue weighted by Gasteiger charge is 2.15. The van der Waals surface area contributed by atoms with Crippen molar-refractivity contribution in [3.05, 3.63) is 43.6 Å². The molecule has 27 heavy (non-hydrogen) atoms. The number of ether oxygens (including phenoxy) is 1. The van der Waals surface area contributed by atoms with Crippen molar-refractivity contribution in [2.45, 2.75) is 32.6 Å². The van der Waals surface area contributed by atoms with Crippen LogP contribution in [0.25, 0.3) is 6.08 Å². The molecule has 8 nitrogen and oxygen atoms in total. The molecular weight excluding hydrogens is 399 g/mol. The molecule has 0 spiro atoms. The first-order chi connectivity index (χ1) is 12.8. The van der Waals surface area contributed by atoms with Gasteiger partial charge in [-0.25, -0.2) is 0 Å². The summed E-state index contributed by atoms with van der Waals surface area (Å²) in [5.74, 6) is -1.22. The van der Waals surface area contributed by atoms with Gasteiger partial charge in [0.25, 0.3) is 0 Å². The third kappa shape index (κ3) is 7.84. The van der Waals surface area contributed by atoms with Crippen LogP contribution >= 0.6 is 23.2 Å². The van der Waals surface area contributed by atoms with Crippen LogP contribution in [0.4, 0.5) is 0 Å². The number of carboxylic acids is 1. The maximum atomic E-state index is 11.4. The van der Waals surface area contributed by atoms with Gasteiger partial charge in [-0.05, 0) is 25.0 Å². The second-order valence-electron chi connectivity index (χ2n) is 5.55.